The van der Waals surface area contributed by atoms with E-state index in [0.717, 1.165) is 18.4 Å². The zero-order valence-corrected chi connectivity index (χ0v) is 10.3. The molecular formula is C15H17NO. The molecule has 0 spiro atoms. The second-order valence-corrected chi connectivity index (χ2v) is 5.16. The molecule has 1 saturated carbocycles. The van der Waals surface area contributed by atoms with Crippen molar-refractivity contribution in [3.8, 4) is 6.07 Å². The Balaban J connectivity index is 2.29. The van der Waals surface area contributed by atoms with Crippen LogP contribution in [0.25, 0.3) is 0 Å². The van der Waals surface area contributed by atoms with Crippen LogP contribution in [0.2, 0.25) is 0 Å². The molecule has 2 nitrogen and oxygen atoms in total. The maximum Gasteiger partial charge on any atom is 0.160 e. The molecule has 1 aromatic rings. The Morgan fingerprint density at radius 1 is 1.29 bits per heavy atom. The summed E-state index contributed by atoms with van der Waals surface area (Å²) in [5, 5.41) is 9.13. The van der Waals surface area contributed by atoms with Crippen LogP contribution < -0.4 is 0 Å². The van der Waals surface area contributed by atoms with Crippen molar-refractivity contribution < 1.29 is 4.79 Å². The minimum absolute atomic E-state index is 0.0914. The van der Waals surface area contributed by atoms with Crippen molar-refractivity contribution in [2.75, 3.05) is 0 Å². The number of carbonyl (C=O) groups excluding carboxylic acids is 1. The van der Waals surface area contributed by atoms with Crippen LogP contribution >= 0.6 is 0 Å². The number of rotatable bonds is 4. The molecule has 17 heavy (non-hydrogen) atoms. The maximum atomic E-state index is 12.5. The molecule has 0 saturated heterocycles. The number of benzene rings is 1. The Bertz CT molecular complexity index is 452. The van der Waals surface area contributed by atoms with E-state index >= 15 is 0 Å². The molecule has 1 aliphatic rings. The monoisotopic (exact) mass is 227 g/mol. The third kappa shape index (κ3) is 1.98. The minimum atomic E-state index is -0.474. The smallest absolute Gasteiger partial charge is 0.160 e. The van der Waals surface area contributed by atoms with E-state index in [2.05, 4.69) is 6.07 Å². The maximum absolute atomic E-state index is 12.5. The molecule has 1 unspecified atom stereocenters. The molecule has 0 amide bonds. The van der Waals surface area contributed by atoms with Crippen molar-refractivity contribution in [2.24, 2.45) is 11.8 Å². The molecule has 0 radical (unpaired) electrons. The van der Waals surface area contributed by atoms with Gasteiger partial charge in [0.25, 0.3) is 0 Å². The largest absolute Gasteiger partial charge is 0.297 e. The second-order valence-electron chi connectivity index (χ2n) is 5.16. The van der Waals surface area contributed by atoms with Gasteiger partial charge in [-0.3, -0.25) is 4.79 Å². The summed E-state index contributed by atoms with van der Waals surface area (Å²) < 4.78 is 0. The molecule has 0 aliphatic heterocycles. The highest BCUT2D eigenvalue weighted by molar-refractivity contribution is 5.96. The summed E-state index contributed by atoms with van der Waals surface area (Å²) in [5.41, 5.74) is 0.720. The molecule has 1 atom stereocenters. The Morgan fingerprint density at radius 3 is 2.29 bits per heavy atom. The van der Waals surface area contributed by atoms with Crippen LogP contribution in [0, 0.1) is 23.2 Å². The summed E-state index contributed by atoms with van der Waals surface area (Å²) in [6, 6.07) is 12.0. The van der Waals surface area contributed by atoms with Gasteiger partial charge in [-0.05, 0) is 24.3 Å². The Hall–Kier alpha value is -1.62. The molecule has 2 heteroatoms. The standard InChI is InChI=1S/C15H17NO/c1-11(2)13(10-16)14(17)15(8-9-15)12-6-4-3-5-7-12/h3-7,11,13H,8-9H2,1-2H3. The lowest BCUT2D eigenvalue weighted by atomic mass is 9.80. The van der Waals surface area contributed by atoms with Crippen LogP contribution in [-0.2, 0) is 10.2 Å². The lowest BCUT2D eigenvalue weighted by molar-refractivity contribution is -0.124. The number of hydrogen-bond donors (Lipinski definition) is 0. The van der Waals surface area contributed by atoms with Crippen molar-refractivity contribution >= 4 is 5.78 Å². The van der Waals surface area contributed by atoms with Crippen molar-refractivity contribution in [1.29, 1.82) is 5.26 Å². The summed E-state index contributed by atoms with van der Waals surface area (Å²) >= 11 is 0. The van der Waals surface area contributed by atoms with E-state index in [-0.39, 0.29) is 17.1 Å². The predicted octanol–water partition coefficient (Wildman–Crippen LogP) is 3.08. The fourth-order valence-corrected chi connectivity index (χ4v) is 2.37. The molecule has 0 heterocycles. The minimum Gasteiger partial charge on any atom is -0.297 e. The first-order chi connectivity index (χ1) is 8.12. The van der Waals surface area contributed by atoms with Gasteiger partial charge in [0.05, 0.1) is 11.5 Å². The van der Waals surface area contributed by atoms with Gasteiger partial charge in [0.1, 0.15) is 5.92 Å². The van der Waals surface area contributed by atoms with Gasteiger partial charge in [-0.2, -0.15) is 5.26 Å². The molecule has 2 rings (SSSR count). The topological polar surface area (TPSA) is 40.9 Å². The van der Waals surface area contributed by atoms with Gasteiger partial charge in [0.15, 0.2) is 5.78 Å². The SMILES string of the molecule is CC(C)C(C#N)C(=O)C1(c2ccccc2)CC1. The molecule has 1 fully saturated rings. The van der Waals surface area contributed by atoms with Gasteiger partial charge < -0.3 is 0 Å². The van der Waals surface area contributed by atoms with Gasteiger partial charge in [0, 0.05) is 0 Å². The van der Waals surface area contributed by atoms with Crippen LogP contribution in [0.1, 0.15) is 32.3 Å². The van der Waals surface area contributed by atoms with Crippen LogP contribution in [-0.4, -0.2) is 5.78 Å². The molecular weight excluding hydrogens is 210 g/mol. The van der Waals surface area contributed by atoms with Gasteiger partial charge in [-0.1, -0.05) is 44.2 Å². The highest BCUT2D eigenvalue weighted by atomic mass is 16.1. The summed E-state index contributed by atoms with van der Waals surface area (Å²) in [4.78, 5) is 12.5. The van der Waals surface area contributed by atoms with Gasteiger partial charge >= 0.3 is 0 Å². The molecule has 1 aromatic carbocycles. The number of ketones is 1. The fourth-order valence-electron chi connectivity index (χ4n) is 2.37. The average Bonchev–Trinajstić information content (AvgIpc) is 3.11. The number of hydrogen-bond acceptors (Lipinski definition) is 2. The van der Waals surface area contributed by atoms with Gasteiger partial charge in [-0.15, -0.1) is 0 Å². The summed E-state index contributed by atoms with van der Waals surface area (Å²) in [7, 11) is 0. The van der Waals surface area contributed by atoms with Crippen molar-refractivity contribution in [3.05, 3.63) is 35.9 Å². The zero-order chi connectivity index (χ0) is 12.5. The highest BCUT2D eigenvalue weighted by Gasteiger charge is 2.53. The normalized spacial score (nSPS) is 18.5. The van der Waals surface area contributed by atoms with Gasteiger partial charge in [-0.25, -0.2) is 0 Å². The Morgan fingerprint density at radius 2 is 1.88 bits per heavy atom. The van der Waals surface area contributed by atoms with Crippen LogP contribution in [0.15, 0.2) is 30.3 Å². The van der Waals surface area contributed by atoms with E-state index < -0.39 is 5.92 Å². The Labute approximate surface area is 102 Å². The van der Waals surface area contributed by atoms with Crippen molar-refractivity contribution in [3.63, 3.8) is 0 Å². The van der Waals surface area contributed by atoms with Gasteiger partial charge in [0.2, 0.25) is 0 Å². The number of Topliss-reactive ketones (excluding diaryl/α,β-unsaturated/α-hetero) is 1. The molecule has 1 aliphatic carbocycles. The van der Waals surface area contributed by atoms with E-state index in [9.17, 15) is 4.79 Å². The lowest BCUT2D eigenvalue weighted by Gasteiger charge is -2.20. The number of nitriles is 1. The van der Waals surface area contributed by atoms with E-state index in [1.807, 2.05) is 44.2 Å². The lowest BCUT2D eigenvalue weighted by Crippen LogP contribution is -2.30. The van der Waals surface area contributed by atoms with E-state index in [4.69, 9.17) is 5.26 Å². The first-order valence-electron chi connectivity index (χ1n) is 6.11. The quantitative estimate of drug-likeness (QED) is 0.793. The molecule has 88 valence electrons. The average molecular weight is 227 g/mol. The number of nitrogens with zero attached hydrogens (tertiary/aromatic N) is 1. The summed E-state index contributed by atoms with van der Waals surface area (Å²) in [5.74, 6) is -0.271. The first kappa shape index (κ1) is 11.9. The van der Waals surface area contributed by atoms with Crippen molar-refractivity contribution in [2.45, 2.75) is 32.1 Å². The summed E-state index contributed by atoms with van der Waals surface area (Å²) in [6.07, 6.45) is 1.78. The van der Waals surface area contributed by atoms with Crippen LogP contribution in [0.4, 0.5) is 0 Å². The van der Waals surface area contributed by atoms with Crippen LogP contribution in [0.3, 0.4) is 0 Å². The van der Waals surface area contributed by atoms with E-state index in [1.54, 1.807) is 0 Å². The fraction of sp³-hybridized carbons (Fsp3) is 0.467. The van der Waals surface area contributed by atoms with Crippen LogP contribution in [0.5, 0.6) is 0 Å². The van der Waals surface area contributed by atoms with Crippen molar-refractivity contribution in [1.82, 2.24) is 0 Å². The molecule has 0 aromatic heterocycles. The summed E-state index contributed by atoms with van der Waals surface area (Å²) in [6.45, 7) is 3.87. The third-order valence-corrected chi connectivity index (χ3v) is 3.64. The second kappa shape index (κ2) is 4.33. The van der Waals surface area contributed by atoms with E-state index in [0.29, 0.717) is 0 Å². The third-order valence-electron chi connectivity index (χ3n) is 3.64. The highest BCUT2D eigenvalue weighted by Crippen LogP contribution is 2.50. The predicted molar refractivity (Wildman–Crippen MR) is 66.3 cm³/mol. The van der Waals surface area contributed by atoms with E-state index in [1.165, 1.54) is 0 Å². The number of carbonyl (C=O) groups is 1. The first-order valence-corrected chi connectivity index (χ1v) is 6.11. The molecule has 0 bridgehead atoms. The zero-order valence-electron chi connectivity index (χ0n) is 10.3. The Kier molecular flexibility index (Phi) is 3.02. The molecule has 0 N–H and O–H groups in total.